The SMILES string of the molecule is O=[N+]([O-])c1ccc(F)cc1NCCc1ccccc1F. The number of hydrogen-bond acceptors (Lipinski definition) is 3. The normalized spacial score (nSPS) is 10.3. The van der Waals surface area contributed by atoms with E-state index in [0.29, 0.717) is 12.0 Å². The van der Waals surface area contributed by atoms with Crippen molar-refractivity contribution in [2.75, 3.05) is 11.9 Å². The molecule has 0 unspecified atom stereocenters. The molecule has 0 atom stereocenters. The van der Waals surface area contributed by atoms with Gasteiger partial charge in [-0.2, -0.15) is 0 Å². The summed E-state index contributed by atoms with van der Waals surface area (Å²) in [5.74, 6) is -0.896. The van der Waals surface area contributed by atoms with Crippen molar-refractivity contribution >= 4 is 11.4 Å². The van der Waals surface area contributed by atoms with Gasteiger partial charge in [-0.05, 0) is 24.1 Å². The molecule has 0 amide bonds. The lowest BCUT2D eigenvalue weighted by molar-refractivity contribution is -0.384. The van der Waals surface area contributed by atoms with Crippen LogP contribution in [-0.2, 0) is 6.42 Å². The highest BCUT2D eigenvalue weighted by molar-refractivity contribution is 5.61. The molecule has 2 aromatic rings. The maximum atomic E-state index is 13.4. The molecule has 0 radical (unpaired) electrons. The van der Waals surface area contributed by atoms with Crippen molar-refractivity contribution in [2.24, 2.45) is 0 Å². The monoisotopic (exact) mass is 278 g/mol. The van der Waals surface area contributed by atoms with Crippen molar-refractivity contribution in [3.63, 3.8) is 0 Å². The minimum Gasteiger partial charge on any atom is -0.379 e. The molecule has 0 bridgehead atoms. The fraction of sp³-hybridized carbons (Fsp3) is 0.143. The molecule has 0 aromatic heterocycles. The van der Waals surface area contributed by atoms with Crippen molar-refractivity contribution in [2.45, 2.75) is 6.42 Å². The fourth-order valence-corrected chi connectivity index (χ4v) is 1.84. The molecule has 20 heavy (non-hydrogen) atoms. The summed E-state index contributed by atoms with van der Waals surface area (Å²) in [5, 5.41) is 13.6. The van der Waals surface area contributed by atoms with Crippen LogP contribution < -0.4 is 5.32 Å². The van der Waals surface area contributed by atoms with E-state index in [4.69, 9.17) is 0 Å². The van der Waals surface area contributed by atoms with Gasteiger partial charge < -0.3 is 5.32 Å². The molecule has 1 N–H and O–H groups in total. The van der Waals surface area contributed by atoms with Crippen LogP contribution >= 0.6 is 0 Å². The molecule has 0 aliphatic rings. The maximum absolute atomic E-state index is 13.4. The number of rotatable bonds is 5. The molecule has 6 heteroatoms. The van der Waals surface area contributed by atoms with E-state index in [-0.39, 0.29) is 23.7 Å². The lowest BCUT2D eigenvalue weighted by Gasteiger charge is -2.08. The smallest absolute Gasteiger partial charge is 0.292 e. The van der Waals surface area contributed by atoms with Crippen LogP contribution in [0.4, 0.5) is 20.2 Å². The minimum atomic E-state index is -0.592. The number of nitrogens with zero attached hydrogens (tertiary/aromatic N) is 1. The van der Waals surface area contributed by atoms with Crippen molar-refractivity contribution in [1.29, 1.82) is 0 Å². The maximum Gasteiger partial charge on any atom is 0.292 e. The van der Waals surface area contributed by atoms with Crippen LogP contribution in [0, 0.1) is 21.7 Å². The van der Waals surface area contributed by atoms with Crippen LogP contribution in [0.5, 0.6) is 0 Å². The molecule has 2 rings (SSSR count). The second-order valence-electron chi connectivity index (χ2n) is 4.19. The van der Waals surface area contributed by atoms with Gasteiger partial charge in [0.15, 0.2) is 0 Å². The van der Waals surface area contributed by atoms with Crippen LogP contribution in [0.2, 0.25) is 0 Å². The van der Waals surface area contributed by atoms with Crippen LogP contribution in [0.15, 0.2) is 42.5 Å². The summed E-state index contributed by atoms with van der Waals surface area (Å²) in [6, 6.07) is 9.46. The van der Waals surface area contributed by atoms with Crippen molar-refractivity contribution < 1.29 is 13.7 Å². The van der Waals surface area contributed by atoms with Crippen molar-refractivity contribution in [3.8, 4) is 0 Å². The fourth-order valence-electron chi connectivity index (χ4n) is 1.84. The number of halogens is 2. The Kier molecular flexibility index (Phi) is 4.24. The third kappa shape index (κ3) is 3.28. The third-order valence-corrected chi connectivity index (χ3v) is 2.82. The van der Waals surface area contributed by atoms with Crippen molar-refractivity contribution in [1.82, 2.24) is 0 Å². The Bertz CT molecular complexity index is 632. The standard InChI is InChI=1S/C14H12F2N2O2/c15-11-5-6-14(18(19)20)13(9-11)17-8-7-10-3-1-2-4-12(10)16/h1-6,9,17H,7-8H2. The molecule has 0 fully saturated rings. The van der Waals surface area contributed by atoms with Crippen LogP contribution in [0.1, 0.15) is 5.56 Å². The predicted octanol–water partition coefficient (Wildman–Crippen LogP) is 3.53. The topological polar surface area (TPSA) is 55.2 Å². The second kappa shape index (κ2) is 6.10. The zero-order valence-electron chi connectivity index (χ0n) is 10.5. The number of hydrogen-bond donors (Lipinski definition) is 1. The summed E-state index contributed by atoms with van der Waals surface area (Å²) < 4.78 is 26.5. The lowest BCUT2D eigenvalue weighted by atomic mass is 10.1. The molecule has 104 valence electrons. The van der Waals surface area contributed by atoms with E-state index < -0.39 is 10.7 Å². The highest BCUT2D eigenvalue weighted by atomic mass is 19.1. The number of benzene rings is 2. The average molecular weight is 278 g/mol. The number of anilines is 1. The Balaban J connectivity index is 2.06. The summed E-state index contributed by atoms with van der Waals surface area (Å²) in [6.45, 7) is 0.269. The Labute approximate surface area is 114 Å². The summed E-state index contributed by atoms with van der Waals surface area (Å²) in [4.78, 5) is 10.2. The first kappa shape index (κ1) is 13.9. The quantitative estimate of drug-likeness (QED) is 0.672. The van der Waals surface area contributed by atoms with E-state index >= 15 is 0 Å². The number of nitro groups is 1. The number of nitrogens with one attached hydrogen (secondary N) is 1. The molecule has 0 aliphatic heterocycles. The van der Waals surface area contributed by atoms with E-state index in [2.05, 4.69) is 5.32 Å². The first-order chi connectivity index (χ1) is 9.58. The zero-order valence-corrected chi connectivity index (χ0v) is 10.5. The van der Waals surface area contributed by atoms with E-state index in [1.165, 1.54) is 6.07 Å². The third-order valence-electron chi connectivity index (χ3n) is 2.82. The van der Waals surface area contributed by atoms with E-state index in [1.807, 2.05) is 0 Å². The highest BCUT2D eigenvalue weighted by Crippen LogP contribution is 2.24. The summed E-state index contributed by atoms with van der Waals surface area (Å²) in [5.41, 5.74) is 0.380. The Hall–Kier alpha value is -2.50. The summed E-state index contributed by atoms with van der Waals surface area (Å²) in [7, 11) is 0. The van der Waals surface area contributed by atoms with Crippen molar-refractivity contribution in [3.05, 3.63) is 69.8 Å². The van der Waals surface area contributed by atoms with Crippen LogP contribution in [0.25, 0.3) is 0 Å². The van der Waals surface area contributed by atoms with Crippen LogP contribution in [0.3, 0.4) is 0 Å². The van der Waals surface area contributed by atoms with Gasteiger partial charge in [-0.25, -0.2) is 8.78 Å². The summed E-state index contributed by atoms with van der Waals surface area (Å²) >= 11 is 0. The van der Waals surface area contributed by atoms with E-state index in [1.54, 1.807) is 18.2 Å². The predicted molar refractivity (Wildman–Crippen MR) is 71.6 cm³/mol. The Morgan fingerprint density at radius 3 is 2.60 bits per heavy atom. The Morgan fingerprint density at radius 2 is 1.90 bits per heavy atom. The van der Waals surface area contributed by atoms with E-state index in [9.17, 15) is 18.9 Å². The van der Waals surface area contributed by atoms with Gasteiger partial charge in [0, 0.05) is 18.7 Å². The molecule has 4 nitrogen and oxygen atoms in total. The highest BCUT2D eigenvalue weighted by Gasteiger charge is 2.14. The van der Waals surface area contributed by atoms with Gasteiger partial charge >= 0.3 is 0 Å². The molecular formula is C14H12F2N2O2. The average Bonchev–Trinajstić information content (AvgIpc) is 2.41. The summed E-state index contributed by atoms with van der Waals surface area (Å²) in [6.07, 6.45) is 0.348. The Morgan fingerprint density at radius 1 is 1.15 bits per heavy atom. The van der Waals surface area contributed by atoms with E-state index in [0.717, 1.165) is 18.2 Å². The molecule has 0 saturated heterocycles. The molecule has 2 aromatic carbocycles. The molecule has 0 heterocycles. The second-order valence-corrected chi connectivity index (χ2v) is 4.19. The van der Waals surface area contributed by atoms with Crippen LogP contribution in [-0.4, -0.2) is 11.5 Å². The molecule has 0 saturated carbocycles. The first-order valence-corrected chi connectivity index (χ1v) is 5.99. The van der Waals surface area contributed by atoms with Gasteiger partial charge in [-0.3, -0.25) is 10.1 Å². The molecule has 0 aliphatic carbocycles. The largest absolute Gasteiger partial charge is 0.379 e. The molecule has 0 spiro atoms. The molecular weight excluding hydrogens is 266 g/mol. The van der Waals surface area contributed by atoms with Gasteiger partial charge in [-0.15, -0.1) is 0 Å². The lowest BCUT2D eigenvalue weighted by Crippen LogP contribution is -2.08. The first-order valence-electron chi connectivity index (χ1n) is 5.99. The van der Waals surface area contributed by atoms with Gasteiger partial charge in [0.2, 0.25) is 0 Å². The number of nitro benzene ring substituents is 1. The zero-order chi connectivity index (χ0) is 14.5. The van der Waals surface area contributed by atoms with Gasteiger partial charge in [-0.1, -0.05) is 18.2 Å². The van der Waals surface area contributed by atoms with Gasteiger partial charge in [0.25, 0.3) is 5.69 Å². The van der Waals surface area contributed by atoms with Gasteiger partial charge in [0.1, 0.15) is 17.3 Å². The van der Waals surface area contributed by atoms with Gasteiger partial charge in [0.05, 0.1) is 4.92 Å². The minimum absolute atomic E-state index is 0.0892.